The van der Waals surface area contributed by atoms with Crippen molar-refractivity contribution < 1.29 is 9.84 Å². The fourth-order valence-corrected chi connectivity index (χ4v) is 4.37. The third kappa shape index (κ3) is 3.65. The van der Waals surface area contributed by atoms with Gasteiger partial charge in [0.25, 0.3) is 0 Å². The van der Waals surface area contributed by atoms with E-state index in [4.69, 9.17) is 4.74 Å². The minimum Gasteiger partial charge on any atom is -0.489 e. The van der Waals surface area contributed by atoms with Gasteiger partial charge in [-0.2, -0.15) is 0 Å². The Labute approximate surface area is 163 Å². The van der Waals surface area contributed by atoms with Gasteiger partial charge >= 0.3 is 0 Å². The van der Waals surface area contributed by atoms with Crippen LogP contribution in [0.1, 0.15) is 81.7 Å². The molecule has 0 aromatic heterocycles. The van der Waals surface area contributed by atoms with E-state index in [2.05, 4.69) is 52.0 Å². The first-order valence-corrected chi connectivity index (χ1v) is 10.3. The molecule has 0 spiro atoms. The molecule has 2 aromatic carbocycles. The molecule has 0 heterocycles. The molecule has 2 aromatic rings. The molecule has 144 valence electrons. The predicted molar refractivity (Wildman–Crippen MR) is 110 cm³/mol. The largest absolute Gasteiger partial charge is 0.489 e. The Hall–Kier alpha value is -1.80. The maximum absolute atomic E-state index is 11.0. The molecule has 0 radical (unpaired) electrons. The lowest BCUT2D eigenvalue weighted by Crippen LogP contribution is -2.34. The summed E-state index contributed by atoms with van der Waals surface area (Å²) in [5.41, 5.74) is 5.19. The van der Waals surface area contributed by atoms with Crippen molar-refractivity contribution in [2.45, 2.75) is 76.9 Å². The fourth-order valence-electron chi connectivity index (χ4n) is 4.37. The van der Waals surface area contributed by atoms with Crippen molar-refractivity contribution in [2.75, 3.05) is 0 Å². The van der Waals surface area contributed by atoms with Crippen LogP contribution in [-0.4, -0.2) is 5.11 Å². The summed E-state index contributed by atoms with van der Waals surface area (Å²) < 4.78 is 6.29. The quantitative estimate of drug-likeness (QED) is 0.699. The van der Waals surface area contributed by atoms with Crippen molar-refractivity contribution in [1.82, 2.24) is 0 Å². The molecule has 1 fully saturated rings. The number of fused-ring (bicyclic) bond motifs is 1. The lowest BCUT2D eigenvalue weighted by molar-refractivity contribution is 0.147. The zero-order chi connectivity index (χ0) is 19.2. The highest BCUT2D eigenvalue weighted by Gasteiger charge is 2.40. The van der Waals surface area contributed by atoms with Gasteiger partial charge in [-0.15, -0.1) is 0 Å². The van der Waals surface area contributed by atoms with Crippen LogP contribution in [0.2, 0.25) is 0 Å². The highest BCUT2D eigenvalue weighted by Crippen LogP contribution is 2.50. The van der Waals surface area contributed by atoms with Crippen LogP contribution in [0.4, 0.5) is 0 Å². The number of rotatable bonds is 5. The second-order valence-corrected chi connectivity index (χ2v) is 9.76. The molecule has 1 unspecified atom stereocenters. The molecule has 1 N–H and O–H groups in total. The number of hydrogen-bond acceptors (Lipinski definition) is 2. The lowest BCUT2D eigenvalue weighted by Gasteiger charge is -2.42. The molecule has 1 atom stereocenters. The first kappa shape index (κ1) is 18.6. The zero-order valence-corrected chi connectivity index (χ0v) is 17.1. The molecule has 0 amide bonds. The standard InChI is InChI=1S/C25H32O2/c1-24(2)12-13-25(3,4)21-15-22(27-16-17-8-6-5-7-9-17)19(14-20(21)24)23(26)18-10-11-18/h5-9,14-15,18,23,26H,10-13,16H2,1-4H3. The molecule has 2 heteroatoms. The second-order valence-electron chi connectivity index (χ2n) is 9.76. The third-order valence-corrected chi connectivity index (χ3v) is 6.61. The van der Waals surface area contributed by atoms with Crippen molar-refractivity contribution in [3.05, 3.63) is 64.7 Å². The number of ether oxygens (including phenoxy) is 1. The molecular formula is C25H32O2. The van der Waals surface area contributed by atoms with E-state index in [-0.39, 0.29) is 10.8 Å². The summed E-state index contributed by atoms with van der Waals surface area (Å²) in [6.07, 6.45) is 4.17. The van der Waals surface area contributed by atoms with E-state index in [0.29, 0.717) is 12.5 Å². The van der Waals surface area contributed by atoms with Crippen LogP contribution in [0, 0.1) is 5.92 Å². The van der Waals surface area contributed by atoms with E-state index in [1.54, 1.807) is 0 Å². The number of hydrogen-bond donors (Lipinski definition) is 1. The Morgan fingerprint density at radius 2 is 1.56 bits per heavy atom. The molecule has 0 bridgehead atoms. The monoisotopic (exact) mass is 364 g/mol. The summed E-state index contributed by atoms with van der Waals surface area (Å²) >= 11 is 0. The normalized spacial score (nSPS) is 21.4. The van der Waals surface area contributed by atoms with Gasteiger partial charge in [-0.05, 0) is 71.3 Å². The SMILES string of the molecule is CC1(C)CCC(C)(C)c2cc(C(O)C3CC3)c(OCc3ccccc3)cc21. The first-order chi connectivity index (χ1) is 12.8. The Kier molecular flexibility index (Phi) is 4.58. The van der Waals surface area contributed by atoms with Crippen molar-refractivity contribution in [3.63, 3.8) is 0 Å². The molecule has 2 aliphatic rings. The Morgan fingerprint density at radius 3 is 2.15 bits per heavy atom. The van der Waals surface area contributed by atoms with E-state index >= 15 is 0 Å². The van der Waals surface area contributed by atoms with E-state index in [1.807, 2.05) is 18.2 Å². The molecular weight excluding hydrogens is 332 g/mol. The van der Waals surface area contributed by atoms with Crippen LogP contribution in [-0.2, 0) is 17.4 Å². The van der Waals surface area contributed by atoms with Crippen LogP contribution in [0.3, 0.4) is 0 Å². The Morgan fingerprint density at radius 1 is 0.963 bits per heavy atom. The van der Waals surface area contributed by atoms with Crippen LogP contribution < -0.4 is 4.74 Å². The van der Waals surface area contributed by atoms with Crippen LogP contribution in [0.25, 0.3) is 0 Å². The van der Waals surface area contributed by atoms with E-state index < -0.39 is 6.10 Å². The minimum absolute atomic E-state index is 0.138. The van der Waals surface area contributed by atoms with Gasteiger partial charge in [-0.25, -0.2) is 0 Å². The van der Waals surface area contributed by atoms with Crippen LogP contribution >= 0.6 is 0 Å². The Balaban J connectivity index is 1.76. The molecule has 2 aliphatic carbocycles. The maximum atomic E-state index is 11.0. The van der Waals surface area contributed by atoms with Crippen molar-refractivity contribution in [1.29, 1.82) is 0 Å². The number of aliphatic hydroxyl groups excluding tert-OH is 1. The third-order valence-electron chi connectivity index (χ3n) is 6.61. The molecule has 4 rings (SSSR count). The zero-order valence-electron chi connectivity index (χ0n) is 17.1. The first-order valence-electron chi connectivity index (χ1n) is 10.3. The Bertz CT molecular complexity index is 816. The van der Waals surface area contributed by atoms with E-state index in [0.717, 1.165) is 29.7 Å². The summed E-state index contributed by atoms with van der Waals surface area (Å²) in [5.74, 6) is 1.25. The topological polar surface area (TPSA) is 29.5 Å². The number of aliphatic hydroxyl groups is 1. The molecule has 2 nitrogen and oxygen atoms in total. The van der Waals surface area contributed by atoms with Crippen LogP contribution in [0.5, 0.6) is 5.75 Å². The van der Waals surface area contributed by atoms with Gasteiger partial charge in [-0.1, -0.05) is 58.0 Å². The minimum atomic E-state index is -0.415. The van der Waals surface area contributed by atoms with Gasteiger partial charge in [0.05, 0.1) is 6.10 Å². The van der Waals surface area contributed by atoms with E-state index in [1.165, 1.54) is 24.0 Å². The average molecular weight is 365 g/mol. The maximum Gasteiger partial charge on any atom is 0.125 e. The van der Waals surface area contributed by atoms with Gasteiger partial charge in [0.15, 0.2) is 0 Å². The second kappa shape index (κ2) is 6.67. The summed E-state index contributed by atoms with van der Waals surface area (Å²) in [6, 6.07) is 14.8. The fraction of sp³-hybridized carbons (Fsp3) is 0.520. The van der Waals surface area contributed by atoms with Crippen molar-refractivity contribution >= 4 is 0 Å². The average Bonchev–Trinajstić information content (AvgIpc) is 3.49. The summed E-state index contributed by atoms with van der Waals surface area (Å²) in [6.45, 7) is 9.86. The molecule has 0 aliphatic heterocycles. The number of benzene rings is 2. The lowest BCUT2D eigenvalue weighted by atomic mass is 9.62. The summed E-state index contributed by atoms with van der Waals surface area (Å²) in [5, 5.41) is 11.0. The molecule has 1 saturated carbocycles. The molecule has 0 saturated heterocycles. The summed E-state index contributed by atoms with van der Waals surface area (Å²) in [4.78, 5) is 0. The highest BCUT2D eigenvalue weighted by atomic mass is 16.5. The highest BCUT2D eigenvalue weighted by molar-refractivity contribution is 5.51. The van der Waals surface area contributed by atoms with Crippen LogP contribution in [0.15, 0.2) is 42.5 Å². The van der Waals surface area contributed by atoms with Crippen molar-refractivity contribution in [3.8, 4) is 5.75 Å². The van der Waals surface area contributed by atoms with Gasteiger partial charge in [0.1, 0.15) is 12.4 Å². The van der Waals surface area contributed by atoms with Gasteiger partial charge in [0, 0.05) is 5.56 Å². The van der Waals surface area contributed by atoms with Gasteiger partial charge < -0.3 is 9.84 Å². The smallest absolute Gasteiger partial charge is 0.125 e. The summed E-state index contributed by atoms with van der Waals surface area (Å²) in [7, 11) is 0. The van der Waals surface area contributed by atoms with E-state index in [9.17, 15) is 5.11 Å². The van der Waals surface area contributed by atoms with Gasteiger partial charge in [0.2, 0.25) is 0 Å². The van der Waals surface area contributed by atoms with Gasteiger partial charge in [-0.3, -0.25) is 0 Å². The van der Waals surface area contributed by atoms with Crippen molar-refractivity contribution in [2.24, 2.45) is 5.92 Å². The molecule has 27 heavy (non-hydrogen) atoms. The predicted octanol–water partition coefficient (Wildman–Crippen LogP) is 6.06.